The molecule has 1 rings (SSSR count). The van der Waals surface area contributed by atoms with Crippen molar-refractivity contribution in [3.05, 3.63) is 53.8 Å². The number of carboxylic acids is 1. The molecular weight excluding hydrogens is 268 g/mol. The number of esters is 1. The van der Waals surface area contributed by atoms with Crippen LogP contribution in [-0.2, 0) is 14.9 Å². The highest BCUT2D eigenvalue weighted by molar-refractivity contribution is 6.18. The van der Waals surface area contributed by atoms with E-state index in [2.05, 4.69) is 6.58 Å². The smallest absolute Gasteiger partial charge is 0.343 e. The van der Waals surface area contributed by atoms with E-state index in [1.165, 1.54) is 6.08 Å². The van der Waals surface area contributed by atoms with Crippen LogP contribution in [0.1, 0.15) is 49.2 Å². The maximum atomic E-state index is 12.0. The van der Waals surface area contributed by atoms with Gasteiger partial charge in [0.25, 0.3) is 0 Å². The zero-order valence-electron chi connectivity index (χ0n) is 12.8. The lowest BCUT2D eigenvalue weighted by atomic mass is 9.84. The summed E-state index contributed by atoms with van der Waals surface area (Å²) in [7, 11) is 0. The maximum absolute atomic E-state index is 12.0. The van der Waals surface area contributed by atoms with Gasteiger partial charge in [-0.25, -0.2) is 9.59 Å². The van der Waals surface area contributed by atoms with Crippen molar-refractivity contribution in [1.29, 1.82) is 0 Å². The highest BCUT2D eigenvalue weighted by Gasteiger charge is 2.22. The van der Waals surface area contributed by atoms with E-state index in [1.807, 2.05) is 20.8 Å². The fourth-order valence-corrected chi connectivity index (χ4v) is 1.94. The number of rotatable bonds is 4. The van der Waals surface area contributed by atoms with Crippen LogP contribution in [0.3, 0.4) is 0 Å². The Balaban J connectivity index is 3.56. The molecule has 0 heterocycles. The molecule has 1 N–H and O–H groups in total. The Morgan fingerprint density at radius 2 is 1.86 bits per heavy atom. The quantitative estimate of drug-likeness (QED) is 0.520. The fourth-order valence-electron chi connectivity index (χ4n) is 1.94. The van der Waals surface area contributed by atoms with Gasteiger partial charge in [-0.2, -0.15) is 0 Å². The first-order valence-electron chi connectivity index (χ1n) is 6.58. The molecule has 0 unspecified atom stereocenters. The van der Waals surface area contributed by atoms with Gasteiger partial charge in [0.2, 0.25) is 0 Å². The third kappa shape index (κ3) is 3.81. The lowest BCUT2D eigenvalue weighted by molar-refractivity contribution is -0.130. The van der Waals surface area contributed by atoms with E-state index < -0.39 is 11.9 Å². The molecule has 4 heteroatoms. The Labute approximate surface area is 124 Å². The normalized spacial score (nSPS) is 11.9. The summed E-state index contributed by atoms with van der Waals surface area (Å²) in [6, 6.07) is 5.12. The third-order valence-corrected chi connectivity index (χ3v) is 3.11. The SMILES string of the molecule is C=COC(=O)c1ccc(C(C)(C)C)cc1/C(=C\C)C(=O)O. The number of allylic oxidation sites excluding steroid dienone is 1. The minimum Gasteiger partial charge on any atom is -0.478 e. The lowest BCUT2D eigenvalue weighted by Gasteiger charge is -2.21. The van der Waals surface area contributed by atoms with Gasteiger partial charge in [-0.05, 0) is 30.0 Å². The van der Waals surface area contributed by atoms with Crippen molar-refractivity contribution in [2.75, 3.05) is 0 Å². The number of hydrogen-bond donors (Lipinski definition) is 1. The van der Waals surface area contributed by atoms with Crippen molar-refractivity contribution in [2.24, 2.45) is 0 Å². The molecule has 0 aliphatic rings. The first-order chi connectivity index (χ1) is 9.72. The number of carbonyl (C=O) groups excluding carboxylic acids is 1. The molecule has 0 aliphatic heterocycles. The molecule has 0 bridgehead atoms. The molecule has 0 saturated heterocycles. The topological polar surface area (TPSA) is 63.6 Å². The van der Waals surface area contributed by atoms with Crippen molar-refractivity contribution >= 4 is 17.5 Å². The van der Waals surface area contributed by atoms with Crippen molar-refractivity contribution in [3.63, 3.8) is 0 Å². The molecule has 0 fully saturated rings. The average Bonchev–Trinajstić information content (AvgIpc) is 2.38. The predicted octanol–water partition coefficient (Wildman–Crippen LogP) is 3.77. The Bertz CT molecular complexity index is 604. The van der Waals surface area contributed by atoms with E-state index in [4.69, 9.17) is 4.74 Å². The van der Waals surface area contributed by atoms with Crippen molar-refractivity contribution < 1.29 is 19.4 Å². The summed E-state index contributed by atoms with van der Waals surface area (Å²) in [6.45, 7) is 11.0. The predicted molar refractivity (Wildman–Crippen MR) is 82.0 cm³/mol. The summed E-state index contributed by atoms with van der Waals surface area (Å²) in [5, 5.41) is 9.32. The number of ether oxygens (including phenoxy) is 1. The molecule has 0 saturated carbocycles. The van der Waals surface area contributed by atoms with Gasteiger partial charge in [0.15, 0.2) is 0 Å². The van der Waals surface area contributed by atoms with Crippen LogP contribution < -0.4 is 0 Å². The largest absolute Gasteiger partial charge is 0.478 e. The molecule has 0 aromatic heterocycles. The highest BCUT2D eigenvalue weighted by Crippen LogP contribution is 2.29. The van der Waals surface area contributed by atoms with Gasteiger partial charge in [-0.1, -0.05) is 39.5 Å². The number of aliphatic carboxylic acids is 1. The van der Waals surface area contributed by atoms with Crippen molar-refractivity contribution in [3.8, 4) is 0 Å². The second-order valence-electron chi connectivity index (χ2n) is 5.59. The van der Waals surface area contributed by atoms with Crippen LogP contribution in [0.25, 0.3) is 5.57 Å². The monoisotopic (exact) mass is 288 g/mol. The number of hydrogen-bond acceptors (Lipinski definition) is 3. The zero-order chi connectivity index (χ0) is 16.2. The zero-order valence-corrected chi connectivity index (χ0v) is 12.8. The van der Waals surface area contributed by atoms with Crippen LogP contribution in [0.5, 0.6) is 0 Å². The van der Waals surface area contributed by atoms with Crippen LogP contribution in [0.2, 0.25) is 0 Å². The first-order valence-corrected chi connectivity index (χ1v) is 6.58. The Morgan fingerprint density at radius 1 is 1.24 bits per heavy atom. The van der Waals surface area contributed by atoms with Crippen LogP contribution in [0.4, 0.5) is 0 Å². The number of carboxylic acid groups (broad SMARTS) is 1. The first kappa shape index (κ1) is 16.7. The molecule has 0 spiro atoms. The summed E-state index contributed by atoms with van der Waals surface area (Å²) < 4.78 is 4.77. The van der Waals surface area contributed by atoms with Crippen LogP contribution in [0, 0.1) is 0 Å². The molecule has 0 atom stereocenters. The standard InChI is InChI=1S/C17H20O4/c1-6-12(15(18)19)14-10-11(17(3,4)5)8-9-13(14)16(20)21-7-2/h6-10H,2H2,1,3-5H3,(H,18,19)/b12-6+. The molecular formula is C17H20O4. The van der Waals surface area contributed by atoms with Crippen LogP contribution >= 0.6 is 0 Å². The summed E-state index contributed by atoms with van der Waals surface area (Å²) in [5.74, 6) is -1.71. The second kappa shape index (κ2) is 6.39. The van der Waals surface area contributed by atoms with E-state index in [1.54, 1.807) is 25.1 Å². The van der Waals surface area contributed by atoms with E-state index in [-0.39, 0.29) is 16.6 Å². The molecule has 0 amide bonds. The van der Waals surface area contributed by atoms with Gasteiger partial charge in [-0.3, -0.25) is 0 Å². The molecule has 21 heavy (non-hydrogen) atoms. The maximum Gasteiger partial charge on any atom is 0.343 e. The minimum absolute atomic E-state index is 0.0668. The number of benzene rings is 1. The summed E-state index contributed by atoms with van der Waals surface area (Å²) in [4.78, 5) is 23.3. The van der Waals surface area contributed by atoms with Crippen LogP contribution in [0.15, 0.2) is 37.1 Å². The van der Waals surface area contributed by atoms with Gasteiger partial charge in [-0.15, -0.1) is 0 Å². The van der Waals surface area contributed by atoms with Gasteiger partial charge in [0.1, 0.15) is 0 Å². The summed E-state index contributed by atoms with van der Waals surface area (Å²) in [6.07, 6.45) is 2.49. The Kier molecular flexibility index (Phi) is 5.08. The summed E-state index contributed by atoms with van der Waals surface area (Å²) in [5.41, 5.74) is 1.40. The van der Waals surface area contributed by atoms with Gasteiger partial charge in [0.05, 0.1) is 17.4 Å². The molecule has 0 aliphatic carbocycles. The molecule has 112 valence electrons. The second-order valence-corrected chi connectivity index (χ2v) is 5.59. The molecule has 1 aromatic rings. The number of carbonyl (C=O) groups is 2. The van der Waals surface area contributed by atoms with E-state index >= 15 is 0 Å². The average molecular weight is 288 g/mol. The minimum atomic E-state index is -1.09. The van der Waals surface area contributed by atoms with Gasteiger partial charge >= 0.3 is 11.9 Å². The third-order valence-electron chi connectivity index (χ3n) is 3.11. The van der Waals surface area contributed by atoms with E-state index in [0.717, 1.165) is 11.8 Å². The Hall–Kier alpha value is -2.36. The van der Waals surface area contributed by atoms with Crippen molar-refractivity contribution in [2.45, 2.75) is 33.1 Å². The highest BCUT2D eigenvalue weighted by atomic mass is 16.5. The molecule has 4 nitrogen and oxygen atoms in total. The lowest BCUT2D eigenvalue weighted by Crippen LogP contribution is -2.15. The molecule has 0 radical (unpaired) electrons. The van der Waals surface area contributed by atoms with E-state index in [0.29, 0.717) is 5.56 Å². The fraction of sp³-hybridized carbons (Fsp3) is 0.294. The molecule has 1 aromatic carbocycles. The van der Waals surface area contributed by atoms with Gasteiger partial charge < -0.3 is 9.84 Å². The van der Waals surface area contributed by atoms with Crippen LogP contribution in [-0.4, -0.2) is 17.0 Å². The summed E-state index contributed by atoms with van der Waals surface area (Å²) >= 11 is 0. The van der Waals surface area contributed by atoms with Crippen molar-refractivity contribution in [1.82, 2.24) is 0 Å². The van der Waals surface area contributed by atoms with Gasteiger partial charge in [0, 0.05) is 5.56 Å². The Morgan fingerprint density at radius 3 is 2.29 bits per heavy atom. The van der Waals surface area contributed by atoms with E-state index in [9.17, 15) is 14.7 Å².